The Balaban J connectivity index is 1.49. The Morgan fingerprint density at radius 2 is 1.65 bits per heavy atom. The monoisotopic (exact) mass is 458 g/mol. The number of likely N-dealkylation sites (tertiary alicyclic amines) is 1. The van der Waals surface area contributed by atoms with E-state index in [1.165, 1.54) is 19.3 Å². The van der Waals surface area contributed by atoms with E-state index in [1.807, 2.05) is 24.3 Å². The molecular weight excluding hydrogens is 431 g/mol. The summed E-state index contributed by atoms with van der Waals surface area (Å²) in [6.45, 7) is 0.846. The maximum absolute atomic E-state index is 13.0. The van der Waals surface area contributed by atoms with Crippen LogP contribution in [0.1, 0.15) is 54.4 Å². The minimum atomic E-state index is -0.124. The number of nitrogens with zero attached hydrogens (tertiary/aromatic N) is 1. The number of carbonyl (C=O) groups is 2. The molecule has 2 aromatic rings. The maximum Gasteiger partial charge on any atom is 0.251 e. The lowest BCUT2D eigenvalue weighted by atomic mass is 9.93. The molecule has 1 unspecified atom stereocenters. The molecule has 1 N–H and O–H groups in total. The highest BCUT2D eigenvalue weighted by Crippen LogP contribution is 2.36. The number of hydrogen-bond acceptors (Lipinski definition) is 2. The van der Waals surface area contributed by atoms with Gasteiger partial charge in [-0.15, -0.1) is 0 Å². The zero-order valence-electron chi connectivity index (χ0n) is 17.8. The van der Waals surface area contributed by atoms with Crippen LogP contribution in [0.5, 0.6) is 0 Å². The molecule has 4 nitrogen and oxygen atoms in total. The second-order valence-corrected chi connectivity index (χ2v) is 9.40. The molecule has 1 saturated heterocycles. The van der Waals surface area contributed by atoms with Crippen LogP contribution in [0.15, 0.2) is 36.4 Å². The van der Waals surface area contributed by atoms with Crippen LogP contribution in [0.3, 0.4) is 0 Å². The molecule has 164 valence electrons. The Bertz CT molecular complexity index is 945. The van der Waals surface area contributed by atoms with Crippen molar-refractivity contribution < 1.29 is 9.59 Å². The molecular formula is C25H28Cl2N2O2. The zero-order valence-corrected chi connectivity index (χ0v) is 19.3. The first-order valence-corrected chi connectivity index (χ1v) is 11.8. The number of halogens is 2. The Morgan fingerprint density at radius 1 is 1.00 bits per heavy atom. The summed E-state index contributed by atoms with van der Waals surface area (Å²) in [6.07, 6.45) is 7.44. The van der Waals surface area contributed by atoms with E-state index in [9.17, 15) is 9.59 Å². The van der Waals surface area contributed by atoms with Crippen LogP contribution in [0, 0.1) is 5.92 Å². The summed E-state index contributed by atoms with van der Waals surface area (Å²) in [5, 5.41) is 3.79. The summed E-state index contributed by atoms with van der Waals surface area (Å²) in [5.41, 5.74) is 3.27. The van der Waals surface area contributed by atoms with Gasteiger partial charge in [-0.25, -0.2) is 0 Å². The van der Waals surface area contributed by atoms with Gasteiger partial charge in [-0.1, -0.05) is 54.6 Å². The Kier molecular flexibility index (Phi) is 6.88. The number of benzene rings is 2. The zero-order chi connectivity index (χ0) is 22.0. The molecule has 0 spiro atoms. The van der Waals surface area contributed by atoms with E-state index in [0.717, 1.165) is 42.5 Å². The summed E-state index contributed by atoms with van der Waals surface area (Å²) in [5.74, 6) is 0.0870. The summed E-state index contributed by atoms with van der Waals surface area (Å²) in [4.78, 5) is 26.9. The van der Waals surface area contributed by atoms with Gasteiger partial charge in [-0.2, -0.15) is 0 Å². The molecule has 2 amide bonds. The number of carbonyl (C=O) groups excluding carboxylic acids is 2. The van der Waals surface area contributed by atoms with Crippen LogP contribution >= 0.6 is 23.2 Å². The lowest BCUT2D eigenvalue weighted by Gasteiger charge is -2.31. The molecule has 0 bridgehead atoms. The fourth-order valence-electron chi connectivity index (χ4n) is 4.88. The first kappa shape index (κ1) is 22.2. The van der Waals surface area contributed by atoms with Crippen molar-refractivity contribution >= 4 is 35.0 Å². The summed E-state index contributed by atoms with van der Waals surface area (Å²) < 4.78 is 0. The third-order valence-corrected chi connectivity index (χ3v) is 7.34. The molecule has 0 radical (unpaired) electrons. The molecule has 2 aliphatic rings. The average molecular weight is 459 g/mol. The summed E-state index contributed by atoms with van der Waals surface area (Å²) in [6, 6.07) is 11.5. The number of nitrogens with one attached hydrogen (secondary N) is 1. The highest BCUT2D eigenvalue weighted by molar-refractivity contribution is 6.36. The quantitative estimate of drug-likeness (QED) is 0.620. The van der Waals surface area contributed by atoms with Crippen molar-refractivity contribution in [2.24, 2.45) is 5.92 Å². The number of rotatable bonds is 5. The van der Waals surface area contributed by atoms with Crippen LogP contribution in [0.25, 0.3) is 11.1 Å². The van der Waals surface area contributed by atoms with E-state index in [2.05, 4.69) is 10.2 Å². The van der Waals surface area contributed by atoms with E-state index in [-0.39, 0.29) is 17.7 Å². The van der Waals surface area contributed by atoms with Crippen molar-refractivity contribution in [1.82, 2.24) is 10.2 Å². The molecule has 0 aromatic heterocycles. The topological polar surface area (TPSA) is 49.4 Å². The van der Waals surface area contributed by atoms with Crippen molar-refractivity contribution in [1.29, 1.82) is 0 Å². The molecule has 1 atom stereocenters. The number of amides is 2. The molecule has 1 aliphatic heterocycles. The van der Waals surface area contributed by atoms with Gasteiger partial charge < -0.3 is 10.2 Å². The van der Waals surface area contributed by atoms with Gasteiger partial charge in [0, 0.05) is 41.2 Å². The lowest BCUT2D eigenvalue weighted by molar-refractivity contribution is -0.133. The van der Waals surface area contributed by atoms with Crippen molar-refractivity contribution in [3.8, 4) is 11.1 Å². The molecule has 4 rings (SSSR count). The van der Waals surface area contributed by atoms with Crippen LogP contribution in [0.2, 0.25) is 10.0 Å². The fraction of sp³-hybridized carbons (Fsp3) is 0.440. The van der Waals surface area contributed by atoms with E-state index in [0.29, 0.717) is 28.1 Å². The van der Waals surface area contributed by atoms with E-state index >= 15 is 0 Å². The minimum Gasteiger partial charge on any atom is -0.355 e. The van der Waals surface area contributed by atoms with Gasteiger partial charge in [0.25, 0.3) is 5.91 Å². The SMILES string of the molecule is CNC(=O)c1ccc(-c2cc(Cl)c(CC3CCN(C4CCCCC4)C3=O)c(Cl)c2)cc1. The Morgan fingerprint density at radius 3 is 2.26 bits per heavy atom. The van der Waals surface area contributed by atoms with Gasteiger partial charge in [-0.05, 0) is 66.6 Å². The van der Waals surface area contributed by atoms with Crippen LogP contribution < -0.4 is 5.32 Å². The minimum absolute atomic E-state index is 0.0467. The van der Waals surface area contributed by atoms with Gasteiger partial charge in [0.2, 0.25) is 5.91 Å². The third-order valence-electron chi connectivity index (χ3n) is 6.67. The van der Waals surface area contributed by atoms with E-state index in [1.54, 1.807) is 19.2 Å². The van der Waals surface area contributed by atoms with Gasteiger partial charge >= 0.3 is 0 Å². The second-order valence-electron chi connectivity index (χ2n) is 8.59. The second kappa shape index (κ2) is 9.62. The fourth-order valence-corrected chi connectivity index (χ4v) is 5.52. The predicted octanol–water partition coefficient (Wildman–Crippen LogP) is 5.74. The molecule has 2 aromatic carbocycles. The smallest absolute Gasteiger partial charge is 0.251 e. The normalized spacial score (nSPS) is 19.6. The van der Waals surface area contributed by atoms with E-state index < -0.39 is 0 Å². The summed E-state index contributed by atoms with van der Waals surface area (Å²) in [7, 11) is 1.61. The summed E-state index contributed by atoms with van der Waals surface area (Å²) >= 11 is 13.3. The van der Waals surface area contributed by atoms with Crippen molar-refractivity contribution in [2.75, 3.05) is 13.6 Å². The van der Waals surface area contributed by atoms with Crippen LogP contribution in [-0.2, 0) is 11.2 Å². The standard InChI is InChI=1S/C25H28Cl2N2O2/c1-28-24(30)17-9-7-16(8-10-17)19-14-22(26)21(23(27)15-19)13-18-11-12-29(25(18)31)20-5-3-2-4-6-20/h7-10,14-15,18,20H,2-6,11-13H2,1H3,(H,28,30). The molecule has 31 heavy (non-hydrogen) atoms. The maximum atomic E-state index is 13.0. The highest BCUT2D eigenvalue weighted by atomic mass is 35.5. The molecule has 1 aliphatic carbocycles. The van der Waals surface area contributed by atoms with Crippen molar-refractivity contribution in [2.45, 2.75) is 51.0 Å². The van der Waals surface area contributed by atoms with Gasteiger partial charge in [0.15, 0.2) is 0 Å². The van der Waals surface area contributed by atoms with Crippen LogP contribution in [-0.4, -0.2) is 36.3 Å². The predicted molar refractivity (Wildman–Crippen MR) is 126 cm³/mol. The van der Waals surface area contributed by atoms with Crippen molar-refractivity contribution in [3.63, 3.8) is 0 Å². The van der Waals surface area contributed by atoms with Gasteiger partial charge in [0.1, 0.15) is 0 Å². The molecule has 2 fully saturated rings. The molecule has 6 heteroatoms. The first-order valence-electron chi connectivity index (χ1n) is 11.1. The lowest BCUT2D eigenvalue weighted by Crippen LogP contribution is -2.39. The molecule has 1 saturated carbocycles. The van der Waals surface area contributed by atoms with Crippen molar-refractivity contribution in [3.05, 3.63) is 57.6 Å². The number of hydrogen-bond donors (Lipinski definition) is 1. The van der Waals surface area contributed by atoms with Crippen LogP contribution in [0.4, 0.5) is 0 Å². The van der Waals surface area contributed by atoms with E-state index in [4.69, 9.17) is 23.2 Å². The third kappa shape index (κ3) is 4.75. The first-order chi connectivity index (χ1) is 15.0. The largest absolute Gasteiger partial charge is 0.355 e. The average Bonchev–Trinajstić information content (AvgIpc) is 3.16. The molecule has 1 heterocycles. The Labute approximate surface area is 193 Å². The highest BCUT2D eigenvalue weighted by Gasteiger charge is 2.36. The van der Waals surface area contributed by atoms with Gasteiger partial charge in [-0.3, -0.25) is 9.59 Å². The van der Waals surface area contributed by atoms with Gasteiger partial charge in [0.05, 0.1) is 0 Å². The Hall–Kier alpha value is -2.04.